The van der Waals surface area contributed by atoms with E-state index in [2.05, 4.69) is 0 Å². The number of benzene rings is 2. The van der Waals surface area contributed by atoms with Crippen LogP contribution in [0.2, 0.25) is 0 Å². The van der Waals surface area contributed by atoms with Gasteiger partial charge in [0, 0.05) is 37.8 Å². The second-order valence-corrected chi connectivity index (χ2v) is 10.3. The second kappa shape index (κ2) is 12.5. The Balaban J connectivity index is 1.69. The number of rotatable bonds is 10. The number of ether oxygens (including phenoxy) is 3. The first-order valence-electron chi connectivity index (χ1n) is 13.3. The molecule has 2 aromatic rings. The fraction of sp³-hybridized carbons (Fsp3) is 0.552. The van der Waals surface area contributed by atoms with Crippen LogP contribution in [0.4, 0.5) is 4.39 Å². The van der Waals surface area contributed by atoms with Crippen molar-refractivity contribution in [3.8, 4) is 16.9 Å². The number of halogens is 1. The summed E-state index contributed by atoms with van der Waals surface area (Å²) in [6.07, 6.45) is 0.868. The van der Waals surface area contributed by atoms with Gasteiger partial charge in [0.1, 0.15) is 23.3 Å². The maximum atomic E-state index is 15.5. The number of unbranched alkanes of at least 4 members (excludes halogenated alkanes) is 1. The largest absolute Gasteiger partial charge is 0.497 e. The highest BCUT2D eigenvalue weighted by atomic mass is 19.1. The van der Waals surface area contributed by atoms with Crippen LogP contribution < -0.4 is 10.5 Å². The SMILES string of the molecule is COCCCCC(O)(c1cccc(F)c1-c1cccc(OC)c1)C1CN(C(=O)C2CC(N)C(O)C2)CCO1. The summed E-state index contributed by atoms with van der Waals surface area (Å²) in [5, 5.41) is 22.5. The van der Waals surface area contributed by atoms with E-state index in [1.165, 1.54) is 6.07 Å². The van der Waals surface area contributed by atoms with Gasteiger partial charge in [0.05, 0.1) is 26.4 Å². The molecule has 2 aliphatic rings. The van der Waals surface area contributed by atoms with Crippen molar-refractivity contribution in [2.75, 3.05) is 40.5 Å². The third-order valence-electron chi connectivity index (χ3n) is 7.83. The van der Waals surface area contributed by atoms with Gasteiger partial charge in [-0.2, -0.15) is 0 Å². The number of nitrogens with zero attached hydrogens (tertiary/aromatic N) is 1. The molecule has 1 amide bonds. The smallest absolute Gasteiger partial charge is 0.226 e. The van der Waals surface area contributed by atoms with Gasteiger partial charge in [-0.3, -0.25) is 4.79 Å². The van der Waals surface area contributed by atoms with Gasteiger partial charge < -0.3 is 35.1 Å². The van der Waals surface area contributed by atoms with Gasteiger partial charge in [-0.15, -0.1) is 0 Å². The van der Waals surface area contributed by atoms with Crippen LogP contribution in [-0.4, -0.2) is 79.8 Å². The molecule has 8 nitrogen and oxygen atoms in total. The molecule has 1 heterocycles. The van der Waals surface area contributed by atoms with E-state index in [0.29, 0.717) is 55.7 Å². The van der Waals surface area contributed by atoms with Gasteiger partial charge in [0.15, 0.2) is 0 Å². The number of carbonyl (C=O) groups excluding carboxylic acids is 1. The van der Waals surface area contributed by atoms with Crippen molar-refractivity contribution in [1.82, 2.24) is 4.90 Å². The number of aliphatic hydroxyl groups is 2. The molecule has 0 bridgehead atoms. The Kier molecular flexibility index (Phi) is 9.38. The van der Waals surface area contributed by atoms with Crippen molar-refractivity contribution < 1.29 is 33.6 Å². The van der Waals surface area contributed by atoms with E-state index >= 15 is 4.39 Å². The number of morpholine rings is 1. The Bertz CT molecular complexity index is 1090. The van der Waals surface area contributed by atoms with Crippen LogP contribution in [0, 0.1) is 11.7 Å². The average Bonchev–Trinajstić information content (AvgIpc) is 3.28. The number of hydrogen-bond donors (Lipinski definition) is 3. The summed E-state index contributed by atoms with van der Waals surface area (Å²) in [7, 11) is 3.17. The maximum absolute atomic E-state index is 15.5. The minimum atomic E-state index is -1.58. The summed E-state index contributed by atoms with van der Waals surface area (Å²) in [4.78, 5) is 15.0. The van der Waals surface area contributed by atoms with Crippen LogP contribution in [0.1, 0.15) is 37.7 Å². The monoisotopic (exact) mass is 530 g/mol. The molecule has 4 rings (SSSR count). The third-order valence-corrected chi connectivity index (χ3v) is 7.83. The fourth-order valence-electron chi connectivity index (χ4n) is 5.71. The molecule has 0 spiro atoms. The number of nitrogens with two attached hydrogens (primary N) is 1. The van der Waals surface area contributed by atoms with Crippen LogP contribution in [0.15, 0.2) is 42.5 Å². The van der Waals surface area contributed by atoms with E-state index in [1.54, 1.807) is 55.5 Å². The van der Waals surface area contributed by atoms with Crippen LogP contribution in [0.5, 0.6) is 5.75 Å². The number of aliphatic hydroxyl groups excluding tert-OH is 1. The Labute approximate surface area is 223 Å². The van der Waals surface area contributed by atoms with E-state index in [-0.39, 0.29) is 37.0 Å². The summed E-state index contributed by atoms with van der Waals surface area (Å²) in [6, 6.07) is 11.3. The first kappa shape index (κ1) is 28.4. The van der Waals surface area contributed by atoms with Crippen molar-refractivity contribution >= 4 is 5.91 Å². The van der Waals surface area contributed by atoms with Crippen molar-refractivity contribution in [3.63, 3.8) is 0 Å². The zero-order valence-electron chi connectivity index (χ0n) is 22.1. The Morgan fingerprint density at radius 2 is 2.00 bits per heavy atom. The first-order chi connectivity index (χ1) is 18.3. The normalized spacial score (nSPS) is 25.3. The van der Waals surface area contributed by atoms with Crippen molar-refractivity contribution in [2.45, 2.75) is 56.0 Å². The lowest BCUT2D eigenvalue weighted by atomic mass is 9.78. The first-order valence-corrected chi connectivity index (χ1v) is 13.3. The molecule has 4 N–H and O–H groups in total. The van der Waals surface area contributed by atoms with Gasteiger partial charge in [0.2, 0.25) is 5.91 Å². The summed E-state index contributed by atoms with van der Waals surface area (Å²) >= 11 is 0. The number of methoxy groups -OCH3 is 2. The summed E-state index contributed by atoms with van der Waals surface area (Å²) in [6.45, 7) is 1.29. The lowest BCUT2D eigenvalue weighted by Gasteiger charge is -2.43. The van der Waals surface area contributed by atoms with E-state index in [4.69, 9.17) is 19.9 Å². The van der Waals surface area contributed by atoms with Crippen LogP contribution in [-0.2, 0) is 19.9 Å². The zero-order chi connectivity index (χ0) is 27.3. The molecule has 0 aromatic heterocycles. The maximum Gasteiger partial charge on any atom is 0.226 e. The lowest BCUT2D eigenvalue weighted by molar-refractivity contribution is -0.167. The molecule has 1 saturated carbocycles. The Morgan fingerprint density at radius 3 is 2.71 bits per heavy atom. The number of carbonyl (C=O) groups is 1. The molecule has 1 aliphatic carbocycles. The molecule has 5 atom stereocenters. The Morgan fingerprint density at radius 1 is 1.21 bits per heavy atom. The van der Waals surface area contributed by atoms with E-state index < -0.39 is 29.7 Å². The summed E-state index contributed by atoms with van der Waals surface area (Å²) in [5.74, 6) is -0.360. The quantitative estimate of drug-likeness (QED) is 0.405. The van der Waals surface area contributed by atoms with E-state index in [1.807, 2.05) is 0 Å². The van der Waals surface area contributed by atoms with Gasteiger partial charge in [-0.1, -0.05) is 24.3 Å². The highest BCUT2D eigenvalue weighted by Gasteiger charge is 2.46. The van der Waals surface area contributed by atoms with Crippen LogP contribution >= 0.6 is 0 Å². The summed E-state index contributed by atoms with van der Waals surface area (Å²) in [5.41, 5.74) is 5.62. The average molecular weight is 531 g/mol. The molecule has 9 heteroatoms. The van der Waals surface area contributed by atoms with Gasteiger partial charge in [-0.05, 0) is 61.4 Å². The molecular weight excluding hydrogens is 491 g/mol. The van der Waals surface area contributed by atoms with E-state index in [0.717, 1.165) is 0 Å². The molecular formula is C29H39FN2O6. The predicted molar refractivity (Wildman–Crippen MR) is 141 cm³/mol. The van der Waals surface area contributed by atoms with Crippen LogP contribution in [0.3, 0.4) is 0 Å². The molecule has 5 unspecified atom stereocenters. The molecule has 2 aromatic carbocycles. The second-order valence-electron chi connectivity index (χ2n) is 10.3. The molecule has 1 aliphatic heterocycles. The molecule has 208 valence electrons. The standard InChI is InChI=1S/C29H39FN2O6/c1-36-13-4-3-11-29(35,22-9-6-10-23(30)27(22)19-7-5-8-21(15-19)37-2)26-18-32(12-14-38-26)28(34)20-16-24(31)25(33)17-20/h5-10,15,20,24-26,33,35H,3-4,11-14,16-18,31H2,1-2H3. The minimum absolute atomic E-state index is 0.0979. The van der Waals surface area contributed by atoms with Crippen molar-refractivity contribution in [1.29, 1.82) is 0 Å². The topological polar surface area (TPSA) is 114 Å². The minimum Gasteiger partial charge on any atom is -0.497 e. The van der Waals surface area contributed by atoms with Crippen molar-refractivity contribution in [3.05, 3.63) is 53.8 Å². The van der Waals surface area contributed by atoms with Crippen LogP contribution in [0.25, 0.3) is 11.1 Å². The highest BCUT2D eigenvalue weighted by molar-refractivity contribution is 5.79. The molecule has 2 fully saturated rings. The number of hydrogen-bond acceptors (Lipinski definition) is 7. The molecule has 38 heavy (non-hydrogen) atoms. The lowest BCUT2D eigenvalue weighted by Crippen LogP contribution is -2.55. The third kappa shape index (κ3) is 6.02. The highest BCUT2D eigenvalue weighted by Crippen LogP contribution is 2.42. The summed E-state index contributed by atoms with van der Waals surface area (Å²) < 4.78 is 32.2. The van der Waals surface area contributed by atoms with Gasteiger partial charge >= 0.3 is 0 Å². The predicted octanol–water partition coefficient (Wildman–Crippen LogP) is 2.83. The zero-order valence-corrected chi connectivity index (χ0v) is 22.1. The van der Waals surface area contributed by atoms with Gasteiger partial charge in [0.25, 0.3) is 0 Å². The number of amides is 1. The Hall–Kier alpha value is -2.56. The van der Waals surface area contributed by atoms with Gasteiger partial charge in [-0.25, -0.2) is 4.39 Å². The van der Waals surface area contributed by atoms with E-state index in [9.17, 15) is 15.0 Å². The fourth-order valence-corrected chi connectivity index (χ4v) is 5.71. The van der Waals surface area contributed by atoms with Crippen molar-refractivity contribution in [2.24, 2.45) is 11.7 Å². The molecule has 0 radical (unpaired) electrons. The molecule has 1 saturated heterocycles.